The van der Waals surface area contributed by atoms with Gasteiger partial charge >= 0.3 is 0 Å². The largest absolute Gasteiger partial charge is 0.393 e. The summed E-state index contributed by atoms with van der Waals surface area (Å²) in [6.07, 6.45) is 8.75. The molecule has 0 spiro atoms. The standard InChI is InChI=1S/C28H35N5/c29-26-27(32-15-11-24(12-16-32)19-22-7-3-1-4-8-22)30-21-31-28(26)33-17-13-25(14-18-33)20-23-9-5-2-6-10-23/h1-10,21,24-25H,11-20,29H2. The lowest BCUT2D eigenvalue weighted by molar-refractivity contribution is 0.400. The average Bonchev–Trinajstić information content (AvgIpc) is 2.87. The molecule has 3 aromatic rings. The lowest BCUT2D eigenvalue weighted by Gasteiger charge is -2.36. The van der Waals surface area contributed by atoms with Crippen molar-refractivity contribution in [1.82, 2.24) is 9.97 Å². The van der Waals surface area contributed by atoms with Gasteiger partial charge in [0.2, 0.25) is 0 Å². The quantitative estimate of drug-likeness (QED) is 0.585. The first kappa shape index (κ1) is 21.7. The van der Waals surface area contributed by atoms with Crippen molar-refractivity contribution in [3.05, 3.63) is 78.1 Å². The van der Waals surface area contributed by atoms with Crippen LogP contribution in [0.3, 0.4) is 0 Å². The molecule has 0 bridgehead atoms. The predicted octanol–water partition coefficient (Wildman–Crippen LogP) is 4.98. The van der Waals surface area contributed by atoms with Crippen LogP contribution in [0.5, 0.6) is 0 Å². The van der Waals surface area contributed by atoms with E-state index in [0.717, 1.165) is 68.2 Å². The molecule has 2 saturated heterocycles. The predicted molar refractivity (Wildman–Crippen MR) is 137 cm³/mol. The average molecular weight is 442 g/mol. The molecule has 2 aliphatic rings. The van der Waals surface area contributed by atoms with Gasteiger partial charge in [-0.3, -0.25) is 0 Å². The number of hydrogen-bond donors (Lipinski definition) is 1. The Morgan fingerprint density at radius 1 is 0.636 bits per heavy atom. The van der Waals surface area contributed by atoms with Crippen molar-refractivity contribution in [2.45, 2.75) is 38.5 Å². The van der Waals surface area contributed by atoms with E-state index in [-0.39, 0.29) is 0 Å². The van der Waals surface area contributed by atoms with Crippen LogP contribution in [0.2, 0.25) is 0 Å². The summed E-state index contributed by atoms with van der Waals surface area (Å²) in [5.74, 6) is 3.30. The molecule has 0 radical (unpaired) electrons. The maximum atomic E-state index is 6.65. The van der Waals surface area contributed by atoms with Gasteiger partial charge in [-0.05, 0) is 61.5 Å². The minimum atomic E-state index is 0.731. The topological polar surface area (TPSA) is 58.3 Å². The zero-order chi connectivity index (χ0) is 22.5. The number of piperidine rings is 2. The fourth-order valence-electron chi connectivity index (χ4n) is 5.47. The van der Waals surface area contributed by atoms with E-state index in [1.54, 1.807) is 6.33 Å². The molecular formula is C28H35N5. The Bertz CT molecular complexity index is 927. The number of nitrogens with zero attached hydrogens (tertiary/aromatic N) is 4. The van der Waals surface area contributed by atoms with Gasteiger partial charge in [0.15, 0.2) is 11.6 Å². The Hall–Kier alpha value is -3.08. The molecule has 0 saturated carbocycles. The summed E-state index contributed by atoms with van der Waals surface area (Å²) in [7, 11) is 0. The molecule has 0 aliphatic carbocycles. The highest BCUT2D eigenvalue weighted by Crippen LogP contribution is 2.34. The number of anilines is 3. The van der Waals surface area contributed by atoms with Gasteiger partial charge < -0.3 is 15.5 Å². The highest BCUT2D eigenvalue weighted by atomic mass is 15.3. The van der Waals surface area contributed by atoms with Gasteiger partial charge in [-0.25, -0.2) is 9.97 Å². The first-order valence-corrected chi connectivity index (χ1v) is 12.4. The summed E-state index contributed by atoms with van der Waals surface area (Å²) in [6.45, 7) is 4.04. The first-order chi connectivity index (χ1) is 16.3. The molecule has 2 N–H and O–H groups in total. The van der Waals surface area contributed by atoms with Gasteiger partial charge in [-0.15, -0.1) is 0 Å². The maximum Gasteiger partial charge on any atom is 0.157 e. The fraction of sp³-hybridized carbons (Fsp3) is 0.429. The summed E-state index contributed by atoms with van der Waals surface area (Å²) in [5, 5.41) is 0. The number of aromatic nitrogens is 2. The minimum Gasteiger partial charge on any atom is -0.393 e. The molecule has 1 aromatic heterocycles. The maximum absolute atomic E-state index is 6.65. The minimum absolute atomic E-state index is 0.731. The van der Waals surface area contributed by atoms with E-state index < -0.39 is 0 Å². The van der Waals surface area contributed by atoms with Gasteiger partial charge in [0.1, 0.15) is 12.0 Å². The van der Waals surface area contributed by atoms with Crippen LogP contribution in [0.15, 0.2) is 67.0 Å². The Kier molecular flexibility index (Phi) is 6.75. The summed E-state index contributed by atoms with van der Waals surface area (Å²) in [6, 6.07) is 21.7. The Morgan fingerprint density at radius 3 is 1.42 bits per heavy atom. The van der Waals surface area contributed by atoms with Crippen LogP contribution in [0, 0.1) is 11.8 Å². The Morgan fingerprint density at radius 2 is 1.03 bits per heavy atom. The number of nitrogens with two attached hydrogens (primary N) is 1. The lowest BCUT2D eigenvalue weighted by Crippen LogP contribution is -2.37. The zero-order valence-electron chi connectivity index (χ0n) is 19.4. The van der Waals surface area contributed by atoms with Crippen molar-refractivity contribution in [3.8, 4) is 0 Å². The van der Waals surface area contributed by atoms with E-state index in [1.165, 1.54) is 36.8 Å². The molecule has 0 unspecified atom stereocenters. The third kappa shape index (κ3) is 5.29. The van der Waals surface area contributed by atoms with Crippen LogP contribution in [-0.2, 0) is 12.8 Å². The molecule has 172 valence electrons. The van der Waals surface area contributed by atoms with E-state index in [1.807, 2.05) is 0 Å². The molecule has 2 aliphatic heterocycles. The van der Waals surface area contributed by atoms with Gasteiger partial charge in [-0.2, -0.15) is 0 Å². The third-order valence-electron chi connectivity index (χ3n) is 7.40. The molecule has 2 aromatic carbocycles. The van der Waals surface area contributed by atoms with Gasteiger partial charge in [0, 0.05) is 26.2 Å². The summed E-state index contributed by atoms with van der Waals surface area (Å²) >= 11 is 0. The normalized spacial score (nSPS) is 17.9. The molecule has 5 rings (SSSR count). The van der Waals surface area contributed by atoms with Crippen LogP contribution in [-0.4, -0.2) is 36.1 Å². The van der Waals surface area contributed by atoms with Crippen LogP contribution < -0.4 is 15.5 Å². The molecule has 0 atom stereocenters. The highest BCUT2D eigenvalue weighted by Gasteiger charge is 2.26. The lowest BCUT2D eigenvalue weighted by atomic mass is 9.90. The van der Waals surface area contributed by atoms with Crippen molar-refractivity contribution in [2.24, 2.45) is 11.8 Å². The van der Waals surface area contributed by atoms with E-state index in [9.17, 15) is 0 Å². The van der Waals surface area contributed by atoms with Crippen LogP contribution in [0.4, 0.5) is 17.3 Å². The van der Waals surface area contributed by atoms with E-state index in [0.29, 0.717) is 0 Å². The van der Waals surface area contributed by atoms with Gasteiger partial charge in [-0.1, -0.05) is 60.7 Å². The van der Waals surface area contributed by atoms with E-state index >= 15 is 0 Å². The van der Waals surface area contributed by atoms with Crippen molar-refractivity contribution in [2.75, 3.05) is 41.7 Å². The molecule has 0 amide bonds. The van der Waals surface area contributed by atoms with Crippen molar-refractivity contribution >= 4 is 17.3 Å². The Labute approximate surface area is 197 Å². The van der Waals surface area contributed by atoms with Gasteiger partial charge in [0.25, 0.3) is 0 Å². The van der Waals surface area contributed by atoms with Crippen LogP contribution >= 0.6 is 0 Å². The number of hydrogen-bond acceptors (Lipinski definition) is 5. The first-order valence-electron chi connectivity index (χ1n) is 12.4. The molecular weight excluding hydrogens is 406 g/mol. The number of benzene rings is 2. The monoisotopic (exact) mass is 441 g/mol. The van der Waals surface area contributed by atoms with Crippen LogP contribution in [0.1, 0.15) is 36.8 Å². The van der Waals surface area contributed by atoms with E-state index in [4.69, 9.17) is 5.73 Å². The molecule has 3 heterocycles. The molecule has 5 heteroatoms. The molecule has 5 nitrogen and oxygen atoms in total. The smallest absolute Gasteiger partial charge is 0.157 e. The second kappa shape index (κ2) is 10.2. The zero-order valence-corrected chi connectivity index (χ0v) is 19.4. The molecule has 2 fully saturated rings. The van der Waals surface area contributed by atoms with Crippen molar-refractivity contribution in [1.29, 1.82) is 0 Å². The highest BCUT2D eigenvalue weighted by molar-refractivity contribution is 5.75. The number of nitrogen functional groups attached to an aromatic ring is 1. The SMILES string of the molecule is Nc1c(N2CCC(Cc3ccccc3)CC2)ncnc1N1CCC(Cc2ccccc2)CC1. The van der Waals surface area contributed by atoms with E-state index in [2.05, 4.69) is 80.4 Å². The fourth-order valence-corrected chi connectivity index (χ4v) is 5.47. The second-order valence-corrected chi connectivity index (χ2v) is 9.67. The summed E-state index contributed by atoms with van der Waals surface area (Å²) in [4.78, 5) is 13.9. The van der Waals surface area contributed by atoms with Crippen LogP contribution in [0.25, 0.3) is 0 Å². The van der Waals surface area contributed by atoms with Crippen molar-refractivity contribution < 1.29 is 0 Å². The third-order valence-corrected chi connectivity index (χ3v) is 7.40. The number of rotatable bonds is 6. The van der Waals surface area contributed by atoms with Gasteiger partial charge in [0.05, 0.1) is 0 Å². The second-order valence-electron chi connectivity index (χ2n) is 9.67. The van der Waals surface area contributed by atoms with Crippen molar-refractivity contribution in [3.63, 3.8) is 0 Å². The summed E-state index contributed by atoms with van der Waals surface area (Å²) in [5.41, 5.74) is 10.3. The summed E-state index contributed by atoms with van der Waals surface area (Å²) < 4.78 is 0. The Balaban J connectivity index is 1.18. The molecule has 33 heavy (non-hydrogen) atoms.